The molecule has 1 aliphatic rings. The van der Waals surface area contributed by atoms with Crippen molar-refractivity contribution in [3.63, 3.8) is 0 Å². The van der Waals surface area contributed by atoms with Crippen molar-refractivity contribution in [1.82, 2.24) is 4.98 Å². The number of ether oxygens (including phenoxy) is 1. The molecule has 0 aromatic carbocycles. The highest BCUT2D eigenvalue weighted by atomic mass is 19.4. The number of carbonyl (C=O) groups excluding carboxylic acids is 1. The fourth-order valence-electron chi connectivity index (χ4n) is 3.04. The molecular weight excluding hydrogens is 369 g/mol. The SMILES string of the molecule is C=CC(=O)Nc1cc(/C=C/C(CC)CCCC(F)(F)F)c(OC)c(C2CC2)n1. The Morgan fingerprint density at radius 3 is 2.71 bits per heavy atom. The molecule has 28 heavy (non-hydrogen) atoms. The summed E-state index contributed by atoms with van der Waals surface area (Å²) < 4.78 is 42.7. The van der Waals surface area contributed by atoms with Crippen molar-refractivity contribution in [2.45, 2.75) is 57.5 Å². The quantitative estimate of drug-likeness (QED) is 0.504. The van der Waals surface area contributed by atoms with Gasteiger partial charge >= 0.3 is 6.18 Å². The van der Waals surface area contributed by atoms with Crippen LogP contribution in [0.15, 0.2) is 24.8 Å². The van der Waals surface area contributed by atoms with E-state index < -0.39 is 12.6 Å². The van der Waals surface area contributed by atoms with Crippen LogP contribution in [0.2, 0.25) is 0 Å². The zero-order valence-corrected chi connectivity index (χ0v) is 16.3. The third-order valence-electron chi connectivity index (χ3n) is 4.74. The molecule has 0 spiro atoms. The van der Waals surface area contributed by atoms with E-state index in [1.165, 1.54) is 6.08 Å². The van der Waals surface area contributed by atoms with E-state index in [9.17, 15) is 18.0 Å². The molecule has 1 heterocycles. The van der Waals surface area contributed by atoms with E-state index in [2.05, 4.69) is 16.9 Å². The molecule has 1 amide bonds. The van der Waals surface area contributed by atoms with Gasteiger partial charge in [-0.05, 0) is 50.2 Å². The van der Waals surface area contributed by atoms with Crippen LogP contribution in [0.1, 0.15) is 62.6 Å². The maximum atomic E-state index is 12.4. The molecule has 1 fully saturated rings. The normalized spacial score (nSPS) is 15.5. The standard InChI is InChI=1S/C21H27F3N2O2/c1-4-14(7-6-12-21(22,23)24)8-9-16-13-17(25-18(27)5-2)26-19(15-10-11-15)20(16)28-3/h5,8-9,13-15H,2,4,6-7,10-12H2,1,3H3,(H,25,26,27)/b9-8+. The zero-order valence-electron chi connectivity index (χ0n) is 16.3. The summed E-state index contributed by atoms with van der Waals surface area (Å²) in [5, 5.41) is 2.68. The Labute approximate surface area is 163 Å². The Kier molecular flexibility index (Phi) is 7.66. The largest absolute Gasteiger partial charge is 0.494 e. The lowest BCUT2D eigenvalue weighted by Gasteiger charge is -2.15. The number of nitrogens with zero attached hydrogens (tertiary/aromatic N) is 1. The molecule has 7 heteroatoms. The third-order valence-corrected chi connectivity index (χ3v) is 4.74. The molecule has 0 radical (unpaired) electrons. The predicted molar refractivity (Wildman–Crippen MR) is 104 cm³/mol. The molecule has 1 aromatic heterocycles. The van der Waals surface area contributed by atoms with Gasteiger partial charge in [-0.2, -0.15) is 13.2 Å². The van der Waals surface area contributed by atoms with Gasteiger partial charge in [-0.25, -0.2) is 4.98 Å². The first-order valence-corrected chi connectivity index (χ1v) is 9.54. The lowest BCUT2D eigenvalue weighted by Crippen LogP contribution is -2.11. The number of nitrogens with one attached hydrogen (secondary N) is 1. The highest BCUT2D eigenvalue weighted by molar-refractivity contribution is 5.98. The van der Waals surface area contributed by atoms with E-state index in [1.54, 1.807) is 13.2 Å². The molecule has 4 nitrogen and oxygen atoms in total. The van der Waals surface area contributed by atoms with E-state index >= 15 is 0 Å². The summed E-state index contributed by atoms with van der Waals surface area (Å²) in [6.07, 6.45) is 3.42. The fourth-order valence-corrected chi connectivity index (χ4v) is 3.04. The minimum Gasteiger partial charge on any atom is -0.494 e. The predicted octanol–water partition coefficient (Wildman–Crippen LogP) is 5.86. The zero-order chi connectivity index (χ0) is 20.7. The number of carbonyl (C=O) groups is 1. The smallest absolute Gasteiger partial charge is 0.389 e. The molecule has 1 N–H and O–H groups in total. The summed E-state index contributed by atoms with van der Waals surface area (Å²) >= 11 is 0. The van der Waals surface area contributed by atoms with Gasteiger partial charge in [-0.3, -0.25) is 4.79 Å². The number of anilines is 1. The van der Waals surface area contributed by atoms with Gasteiger partial charge in [0.2, 0.25) is 5.91 Å². The van der Waals surface area contributed by atoms with Crippen molar-refractivity contribution in [2.24, 2.45) is 5.92 Å². The molecule has 1 unspecified atom stereocenters. The van der Waals surface area contributed by atoms with Crippen LogP contribution in [-0.2, 0) is 4.79 Å². The van der Waals surface area contributed by atoms with Crippen LogP contribution in [0.5, 0.6) is 5.75 Å². The van der Waals surface area contributed by atoms with Crippen molar-refractivity contribution in [3.05, 3.63) is 36.1 Å². The molecule has 154 valence electrons. The summed E-state index contributed by atoms with van der Waals surface area (Å²) in [6.45, 7) is 5.40. The Bertz CT molecular complexity index is 725. The maximum Gasteiger partial charge on any atom is 0.389 e. The van der Waals surface area contributed by atoms with Gasteiger partial charge in [0.05, 0.1) is 12.8 Å². The average molecular weight is 396 g/mol. The summed E-state index contributed by atoms with van der Waals surface area (Å²) in [7, 11) is 1.57. The van der Waals surface area contributed by atoms with Gasteiger partial charge < -0.3 is 10.1 Å². The lowest BCUT2D eigenvalue weighted by atomic mass is 9.97. The van der Waals surface area contributed by atoms with Crippen LogP contribution in [-0.4, -0.2) is 24.2 Å². The monoisotopic (exact) mass is 396 g/mol. The van der Waals surface area contributed by atoms with Gasteiger partial charge in [0, 0.05) is 17.9 Å². The molecule has 0 bridgehead atoms. The van der Waals surface area contributed by atoms with E-state index in [-0.39, 0.29) is 18.2 Å². The fraction of sp³-hybridized carbons (Fsp3) is 0.524. The van der Waals surface area contributed by atoms with E-state index in [0.29, 0.717) is 23.9 Å². The lowest BCUT2D eigenvalue weighted by molar-refractivity contribution is -0.135. The highest BCUT2D eigenvalue weighted by Crippen LogP contribution is 2.45. The minimum absolute atomic E-state index is 0.0378. The van der Waals surface area contributed by atoms with Gasteiger partial charge in [0.25, 0.3) is 0 Å². The van der Waals surface area contributed by atoms with Crippen LogP contribution in [0.25, 0.3) is 6.08 Å². The summed E-state index contributed by atoms with van der Waals surface area (Å²) in [5.74, 6) is 1.05. The van der Waals surface area contributed by atoms with Gasteiger partial charge in [0.15, 0.2) is 0 Å². The number of hydrogen-bond donors (Lipinski definition) is 1. The number of alkyl halides is 3. The molecule has 1 aliphatic carbocycles. The maximum absolute atomic E-state index is 12.4. The second-order valence-corrected chi connectivity index (χ2v) is 7.02. The van der Waals surface area contributed by atoms with E-state index in [0.717, 1.165) is 30.5 Å². The Balaban J connectivity index is 2.22. The van der Waals surface area contributed by atoms with Gasteiger partial charge in [-0.1, -0.05) is 25.7 Å². The molecule has 1 saturated carbocycles. The summed E-state index contributed by atoms with van der Waals surface area (Å²) in [5.41, 5.74) is 1.56. The van der Waals surface area contributed by atoms with Crippen molar-refractivity contribution in [2.75, 3.05) is 12.4 Å². The number of amides is 1. The molecule has 0 saturated heterocycles. The molecular formula is C21H27F3N2O2. The van der Waals surface area contributed by atoms with Gasteiger partial charge in [0.1, 0.15) is 11.6 Å². The van der Waals surface area contributed by atoms with Gasteiger partial charge in [-0.15, -0.1) is 0 Å². The highest BCUT2D eigenvalue weighted by Gasteiger charge is 2.30. The second-order valence-electron chi connectivity index (χ2n) is 7.02. The number of rotatable bonds is 10. The first-order chi connectivity index (χ1) is 13.3. The number of aromatic nitrogens is 1. The number of hydrogen-bond acceptors (Lipinski definition) is 3. The van der Waals surface area contributed by atoms with Crippen LogP contribution in [0.3, 0.4) is 0 Å². The Morgan fingerprint density at radius 2 is 2.18 bits per heavy atom. The second kappa shape index (κ2) is 9.75. The van der Waals surface area contributed by atoms with Crippen LogP contribution in [0.4, 0.5) is 19.0 Å². The number of pyridine rings is 1. The number of allylic oxidation sites excluding steroid dienone is 1. The first-order valence-electron chi connectivity index (χ1n) is 9.54. The van der Waals surface area contributed by atoms with Crippen molar-refractivity contribution >= 4 is 17.8 Å². The van der Waals surface area contributed by atoms with Crippen LogP contribution in [0, 0.1) is 5.92 Å². The number of methoxy groups -OCH3 is 1. The first kappa shape index (κ1) is 22.0. The average Bonchev–Trinajstić information content (AvgIpc) is 3.48. The van der Waals surface area contributed by atoms with E-state index in [4.69, 9.17) is 4.74 Å². The minimum atomic E-state index is -4.12. The summed E-state index contributed by atoms with van der Waals surface area (Å²) in [4.78, 5) is 16.2. The van der Waals surface area contributed by atoms with Crippen molar-refractivity contribution in [3.8, 4) is 5.75 Å². The molecule has 0 aliphatic heterocycles. The molecule has 1 atom stereocenters. The Hall–Kier alpha value is -2.31. The van der Waals surface area contributed by atoms with E-state index in [1.807, 2.05) is 19.1 Å². The topological polar surface area (TPSA) is 51.2 Å². The van der Waals surface area contributed by atoms with Crippen molar-refractivity contribution in [1.29, 1.82) is 0 Å². The van der Waals surface area contributed by atoms with Crippen LogP contribution >= 0.6 is 0 Å². The Morgan fingerprint density at radius 1 is 1.46 bits per heavy atom. The third kappa shape index (κ3) is 6.69. The molecule has 1 aromatic rings. The summed E-state index contributed by atoms with van der Waals surface area (Å²) in [6, 6.07) is 1.71. The number of halogens is 3. The van der Waals surface area contributed by atoms with Crippen molar-refractivity contribution < 1.29 is 22.7 Å². The molecule has 2 rings (SSSR count). The van der Waals surface area contributed by atoms with Crippen LogP contribution < -0.4 is 10.1 Å².